The van der Waals surface area contributed by atoms with Crippen LogP contribution < -0.4 is 5.32 Å². The Bertz CT molecular complexity index is 411. The highest BCUT2D eigenvalue weighted by Gasteiger charge is 2.22. The summed E-state index contributed by atoms with van der Waals surface area (Å²) in [5, 5.41) is 3.80. The molecule has 1 N–H and O–H groups in total. The van der Waals surface area contributed by atoms with E-state index in [4.69, 9.17) is 21.1 Å². The van der Waals surface area contributed by atoms with Gasteiger partial charge in [0.1, 0.15) is 17.6 Å². The number of nitrogens with one attached hydrogen (secondary N) is 1. The average Bonchev–Trinajstić information content (AvgIpc) is 2.89. The Kier molecular flexibility index (Phi) is 5.36. The molecule has 2 atom stereocenters. The summed E-state index contributed by atoms with van der Waals surface area (Å²) in [6, 6.07) is 2.04. The third kappa shape index (κ3) is 4.30. The fourth-order valence-corrected chi connectivity index (χ4v) is 2.30. The number of halogens is 1. The van der Waals surface area contributed by atoms with Crippen molar-refractivity contribution in [2.75, 3.05) is 25.1 Å². The number of anilines is 1. The largest absolute Gasteiger partial charge is 0.381 e. The summed E-state index contributed by atoms with van der Waals surface area (Å²) in [6.07, 6.45) is 1.08. The van der Waals surface area contributed by atoms with E-state index in [1.165, 1.54) is 0 Å². The van der Waals surface area contributed by atoms with Crippen molar-refractivity contribution in [2.24, 2.45) is 5.92 Å². The Morgan fingerprint density at radius 2 is 2.42 bits per heavy atom. The monoisotopic (exact) mass is 285 g/mol. The van der Waals surface area contributed by atoms with Crippen molar-refractivity contribution in [3.8, 4) is 0 Å². The van der Waals surface area contributed by atoms with Gasteiger partial charge in [-0.2, -0.15) is 0 Å². The highest BCUT2D eigenvalue weighted by molar-refractivity contribution is 6.29. The van der Waals surface area contributed by atoms with E-state index in [0.29, 0.717) is 36.2 Å². The van der Waals surface area contributed by atoms with Gasteiger partial charge in [0.2, 0.25) is 0 Å². The van der Waals surface area contributed by atoms with Crippen LogP contribution in [0.25, 0.3) is 0 Å². The number of hydrogen-bond acceptors (Lipinski definition) is 5. The minimum absolute atomic E-state index is 0.299. The SMILES string of the molecule is CCOCc1nc(Cl)cc(NC(C)C2CCOC2)n1. The van der Waals surface area contributed by atoms with Crippen LogP contribution in [0.5, 0.6) is 0 Å². The topological polar surface area (TPSA) is 56.3 Å². The number of aromatic nitrogens is 2. The first kappa shape index (κ1) is 14.5. The van der Waals surface area contributed by atoms with Crippen molar-refractivity contribution >= 4 is 17.4 Å². The molecule has 106 valence electrons. The minimum Gasteiger partial charge on any atom is -0.381 e. The van der Waals surface area contributed by atoms with Crippen LogP contribution in [-0.4, -0.2) is 35.8 Å². The second-order valence-corrected chi connectivity index (χ2v) is 5.07. The molecule has 0 saturated carbocycles. The molecule has 1 aromatic rings. The predicted molar refractivity (Wildman–Crippen MR) is 74.4 cm³/mol. The first-order valence-electron chi connectivity index (χ1n) is 6.64. The van der Waals surface area contributed by atoms with Crippen molar-refractivity contribution in [2.45, 2.75) is 32.9 Å². The third-order valence-electron chi connectivity index (χ3n) is 3.22. The molecule has 2 rings (SSSR count). The van der Waals surface area contributed by atoms with Gasteiger partial charge in [-0.3, -0.25) is 0 Å². The standard InChI is InChI=1S/C13H20ClN3O2/c1-3-18-8-13-16-11(14)6-12(17-13)15-9(2)10-4-5-19-7-10/h6,9-10H,3-5,7-8H2,1-2H3,(H,15,16,17). The fourth-order valence-electron chi connectivity index (χ4n) is 2.09. The van der Waals surface area contributed by atoms with Gasteiger partial charge in [-0.15, -0.1) is 0 Å². The molecule has 1 aliphatic heterocycles. The van der Waals surface area contributed by atoms with Gasteiger partial charge in [0.05, 0.1) is 6.61 Å². The van der Waals surface area contributed by atoms with Gasteiger partial charge in [0, 0.05) is 31.2 Å². The van der Waals surface area contributed by atoms with E-state index in [0.717, 1.165) is 25.5 Å². The number of nitrogens with zero attached hydrogens (tertiary/aromatic N) is 2. The Morgan fingerprint density at radius 3 is 3.11 bits per heavy atom. The smallest absolute Gasteiger partial charge is 0.158 e. The van der Waals surface area contributed by atoms with Crippen LogP contribution in [-0.2, 0) is 16.1 Å². The van der Waals surface area contributed by atoms with E-state index in [9.17, 15) is 0 Å². The van der Waals surface area contributed by atoms with Crippen LogP contribution in [0.4, 0.5) is 5.82 Å². The molecule has 1 aliphatic rings. The Balaban J connectivity index is 2.00. The molecule has 0 amide bonds. The van der Waals surface area contributed by atoms with Gasteiger partial charge < -0.3 is 14.8 Å². The molecule has 0 aromatic carbocycles. The highest BCUT2D eigenvalue weighted by atomic mass is 35.5. The van der Waals surface area contributed by atoms with Gasteiger partial charge in [0.25, 0.3) is 0 Å². The third-order valence-corrected chi connectivity index (χ3v) is 3.42. The van der Waals surface area contributed by atoms with E-state index in [2.05, 4.69) is 22.2 Å². The molecule has 5 nitrogen and oxygen atoms in total. The second kappa shape index (κ2) is 7.03. The molecule has 19 heavy (non-hydrogen) atoms. The molecule has 0 radical (unpaired) electrons. The van der Waals surface area contributed by atoms with Crippen LogP contribution in [0.2, 0.25) is 5.15 Å². The quantitative estimate of drug-likeness (QED) is 0.814. The van der Waals surface area contributed by atoms with Crippen LogP contribution in [0.15, 0.2) is 6.07 Å². The second-order valence-electron chi connectivity index (χ2n) is 4.69. The van der Waals surface area contributed by atoms with Crippen LogP contribution >= 0.6 is 11.6 Å². The summed E-state index contributed by atoms with van der Waals surface area (Å²) in [6.45, 7) is 6.74. The summed E-state index contributed by atoms with van der Waals surface area (Å²) in [4.78, 5) is 8.55. The molecule has 1 saturated heterocycles. The maximum absolute atomic E-state index is 6.00. The predicted octanol–water partition coefficient (Wildman–Crippen LogP) is 2.50. The molecule has 2 heterocycles. The lowest BCUT2D eigenvalue weighted by molar-refractivity contribution is 0.128. The lowest BCUT2D eigenvalue weighted by Gasteiger charge is -2.20. The zero-order chi connectivity index (χ0) is 13.7. The van der Waals surface area contributed by atoms with Crippen molar-refractivity contribution < 1.29 is 9.47 Å². The average molecular weight is 286 g/mol. The van der Waals surface area contributed by atoms with E-state index >= 15 is 0 Å². The van der Waals surface area contributed by atoms with Gasteiger partial charge in [-0.25, -0.2) is 9.97 Å². The summed E-state index contributed by atoms with van der Waals surface area (Å²) < 4.78 is 10.7. The van der Waals surface area contributed by atoms with E-state index in [-0.39, 0.29) is 0 Å². The number of rotatable bonds is 6. The van der Waals surface area contributed by atoms with Crippen molar-refractivity contribution in [1.82, 2.24) is 9.97 Å². The lowest BCUT2D eigenvalue weighted by Crippen LogP contribution is -2.26. The minimum atomic E-state index is 0.299. The zero-order valence-electron chi connectivity index (χ0n) is 11.4. The van der Waals surface area contributed by atoms with Crippen molar-refractivity contribution in [1.29, 1.82) is 0 Å². The summed E-state index contributed by atoms with van der Waals surface area (Å²) in [7, 11) is 0. The first-order chi connectivity index (χ1) is 9.19. The molecule has 0 spiro atoms. The number of hydrogen-bond donors (Lipinski definition) is 1. The van der Waals surface area contributed by atoms with Crippen LogP contribution in [0.3, 0.4) is 0 Å². The summed E-state index contributed by atoms with van der Waals surface area (Å²) in [5.41, 5.74) is 0. The number of ether oxygens (including phenoxy) is 2. The van der Waals surface area contributed by atoms with Crippen LogP contribution in [0.1, 0.15) is 26.1 Å². The van der Waals surface area contributed by atoms with Crippen LogP contribution in [0, 0.1) is 5.92 Å². The van der Waals surface area contributed by atoms with E-state index < -0.39 is 0 Å². The Labute approximate surface area is 118 Å². The van der Waals surface area contributed by atoms with E-state index in [1.54, 1.807) is 6.07 Å². The maximum atomic E-state index is 6.00. The summed E-state index contributed by atoms with van der Waals surface area (Å²) >= 11 is 6.00. The van der Waals surface area contributed by atoms with Gasteiger partial charge in [0.15, 0.2) is 5.82 Å². The zero-order valence-corrected chi connectivity index (χ0v) is 12.1. The molecule has 1 fully saturated rings. The molecule has 0 bridgehead atoms. The Morgan fingerprint density at radius 1 is 1.58 bits per heavy atom. The van der Waals surface area contributed by atoms with Gasteiger partial charge in [-0.1, -0.05) is 11.6 Å². The Hall–Kier alpha value is -0.910. The normalized spacial score (nSPS) is 20.5. The molecule has 0 aliphatic carbocycles. The van der Waals surface area contributed by atoms with Gasteiger partial charge >= 0.3 is 0 Å². The molecule has 2 unspecified atom stereocenters. The first-order valence-corrected chi connectivity index (χ1v) is 7.02. The lowest BCUT2D eigenvalue weighted by atomic mass is 10.0. The summed E-state index contributed by atoms with van der Waals surface area (Å²) in [5.74, 6) is 1.87. The molecular formula is C13H20ClN3O2. The molecule has 1 aromatic heterocycles. The molecular weight excluding hydrogens is 266 g/mol. The fraction of sp³-hybridized carbons (Fsp3) is 0.692. The maximum Gasteiger partial charge on any atom is 0.158 e. The van der Waals surface area contributed by atoms with E-state index in [1.807, 2.05) is 6.92 Å². The van der Waals surface area contributed by atoms with Gasteiger partial charge in [-0.05, 0) is 20.3 Å². The molecule has 6 heteroatoms. The van der Waals surface area contributed by atoms with Crippen molar-refractivity contribution in [3.05, 3.63) is 17.0 Å². The highest BCUT2D eigenvalue weighted by Crippen LogP contribution is 2.20. The van der Waals surface area contributed by atoms with Crippen molar-refractivity contribution in [3.63, 3.8) is 0 Å².